The lowest BCUT2D eigenvalue weighted by Gasteiger charge is -2.26. The lowest BCUT2D eigenvalue weighted by Crippen LogP contribution is -2.40. The van der Waals surface area contributed by atoms with E-state index in [9.17, 15) is 18.0 Å². The summed E-state index contributed by atoms with van der Waals surface area (Å²) in [7, 11) is -3.80. The number of benzene rings is 2. The summed E-state index contributed by atoms with van der Waals surface area (Å²) >= 11 is 12.3. The average Bonchev–Trinajstić information content (AvgIpc) is 2.76. The molecule has 8 nitrogen and oxygen atoms in total. The Morgan fingerprint density at radius 1 is 1.03 bits per heavy atom. The number of morpholine rings is 1. The van der Waals surface area contributed by atoms with Crippen LogP contribution in [0.25, 0.3) is 0 Å². The fourth-order valence-electron chi connectivity index (χ4n) is 2.91. The van der Waals surface area contributed by atoms with Crippen molar-refractivity contribution in [2.45, 2.75) is 18.2 Å². The van der Waals surface area contributed by atoms with Crippen LogP contribution in [0.2, 0.25) is 10.0 Å². The summed E-state index contributed by atoms with van der Waals surface area (Å²) in [6, 6.07) is 8.60. The van der Waals surface area contributed by atoms with E-state index >= 15 is 0 Å². The molecule has 11 heteroatoms. The van der Waals surface area contributed by atoms with E-state index in [1.807, 2.05) is 0 Å². The SMILES string of the molecule is CCC(=O)Nc1ccc(Cl)c(NC(=O)c2cc(S(=O)(=O)N3CCOCC3)ccc2Cl)c1. The molecule has 0 radical (unpaired) electrons. The minimum absolute atomic E-state index is 0.0185. The molecule has 0 spiro atoms. The minimum atomic E-state index is -3.80. The van der Waals surface area contributed by atoms with Gasteiger partial charge in [-0.25, -0.2) is 8.42 Å². The molecule has 2 N–H and O–H groups in total. The Bertz CT molecular complexity index is 1100. The monoisotopic (exact) mass is 485 g/mol. The molecule has 0 atom stereocenters. The van der Waals surface area contributed by atoms with Gasteiger partial charge in [-0.15, -0.1) is 0 Å². The second-order valence-corrected chi connectivity index (χ2v) is 9.46. The third-order valence-corrected chi connectivity index (χ3v) is 7.16. The van der Waals surface area contributed by atoms with Gasteiger partial charge in [-0.2, -0.15) is 4.31 Å². The number of rotatable bonds is 6. The number of hydrogen-bond donors (Lipinski definition) is 2. The van der Waals surface area contributed by atoms with E-state index in [0.29, 0.717) is 25.3 Å². The Morgan fingerprint density at radius 2 is 1.71 bits per heavy atom. The van der Waals surface area contributed by atoms with E-state index in [0.717, 1.165) is 0 Å². The second kappa shape index (κ2) is 9.97. The largest absolute Gasteiger partial charge is 0.379 e. The first-order valence-electron chi connectivity index (χ1n) is 9.50. The van der Waals surface area contributed by atoms with Gasteiger partial charge in [0.15, 0.2) is 0 Å². The number of anilines is 2. The Kier molecular flexibility index (Phi) is 7.55. The number of hydrogen-bond acceptors (Lipinski definition) is 5. The maximum atomic E-state index is 12.9. The van der Waals surface area contributed by atoms with Crippen molar-refractivity contribution in [3.63, 3.8) is 0 Å². The minimum Gasteiger partial charge on any atom is -0.379 e. The Morgan fingerprint density at radius 3 is 2.39 bits per heavy atom. The smallest absolute Gasteiger partial charge is 0.257 e. The molecule has 2 aromatic carbocycles. The maximum absolute atomic E-state index is 12.9. The van der Waals surface area contributed by atoms with E-state index in [-0.39, 0.29) is 45.2 Å². The molecule has 1 aliphatic heterocycles. The first-order valence-corrected chi connectivity index (χ1v) is 11.7. The molecule has 0 aromatic heterocycles. The van der Waals surface area contributed by atoms with Crippen LogP contribution >= 0.6 is 23.2 Å². The van der Waals surface area contributed by atoms with E-state index in [4.69, 9.17) is 27.9 Å². The van der Waals surface area contributed by atoms with E-state index < -0.39 is 15.9 Å². The predicted molar refractivity (Wildman–Crippen MR) is 119 cm³/mol. The number of amides is 2. The molecule has 1 fully saturated rings. The number of nitrogens with one attached hydrogen (secondary N) is 2. The fraction of sp³-hybridized carbons (Fsp3) is 0.300. The summed E-state index contributed by atoms with van der Waals surface area (Å²) in [6.07, 6.45) is 0.296. The third kappa shape index (κ3) is 5.55. The van der Waals surface area contributed by atoms with Crippen molar-refractivity contribution in [2.24, 2.45) is 0 Å². The first kappa shape index (κ1) is 23.5. The summed E-state index contributed by atoms with van der Waals surface area (Å²) in [6.45, 7) is 2.80. The number of halogens is 2. The van der Waals surface area contributed by atoms with Gasteiger partial charge in [0, 0.05) is 25.2 Å². The Balaban J connectivity index is 1.86. The van der Waals surface area contributed by atoms with Crippen LogP contribution in [-0.2, 0) is 19.6 Å². The highest BCUT2D eigenvalue weighted by Gasteiger charge is 2.27. The van der Waals surface area contributed by atoms with Crippen LogP contribution < -0.4 is 10.6 Å². The van der Waals surface area contributed by atoms with Crippen molar-refractivity contribution in [1.29, 1.82) is 0 Å². The summed E-state index contributed by atoms with van der Waals surface area (Å²) in [4.78, 5) is 24.4. The quantitative estimate of drug-likeness (QED) is 0.649. The number of carbonyl (C=O) groups is 2. The van der Waals surface area contributed by atoms with Gasteiger partial charge in [0.2, 0.25) is 15.9 Å². The average molecular weight is 486 g/mol. The number of ether oxygens (including phenoxy) is 1. The zero-order valence-corrected chi connectivity index (χ0v) is 19.0. The predicted octanol–water partition coefficient (Wildman–Crippen LogP) is 3.62. The highest BCUT2D eigenvalue weighted by Crippen LogP contribution is 2.28. The van der Waals surface area contributed by atoms with Crippen LogP contribution in [0.5, 0.6) is 0 Å². The molecular formula is C20H21Cl2N3O5S. The van der Waals surface area contributed by atoms with Crippen molar-refractivity contribution >= 4 is 56.4 Å². The summed E-state index contributed by atoms with van der Waals surface area (Å²) in [5.41, 5.74) is 0.689. The van der Waals surface area contributed by atoms with Crippen molar-refractivity contribution < 1.29 is 22.7 Å². The lowest BCUT2D eigenvalue weighted by atomic mass is 10.2. The van der Waals surface area contributed by atoms with Crippen LogP contribution in [0.3, 0.4) is 0 Å². The van der Waals surface area contributed by atoms with E-state index in [1.165, 1.54) is 34.6 Å². The molecule has 31 heavy (non-hydrogen) atoms. The molecule has 3 rings (SSSR count). The highest BCUT2D eigenvalue weighted by atomic mass is 35.5. The molecular weight excluding hydrogens is 465 g/mol. The fourth-order valence-corrected chi connectivity index (χ4v) is 4.72. The Labute approximate surface area is 190 Å². The maximum Gasteiger partial charge on any atom is 0.257 e. The summed E-state index contributed by atoms with van der Waals surface area (Å²) < 4.78 is 32.3. The highest BCUT2D eigenvalue weighted by molar-refractivity contribution is 7.89. The van der Waals surface area contributed by atoms with Gasteiger partial charge in [-0.3, -0.25) is 9.59 Å². The number of nitrogens with zero attached hydrogens (tertiary/aromatic N) is 1. The van der Waals surface area contributed by atoms with Gasteiger partial charge in [0.05, 0.1) is 39.4 Å². The second-order valence-electron chi connectivity index (χ2n) is 6.71. The van der Waals surface area contributed by atoms with Crippen molar-refractivity contribution in [3.05, 3.63) is 52.0 Å². The molecule has 0 unspecified atom stereocenters. The number of sulfonamides is 1. The van der Waals surface area contributed by atoms with Gasteiger partial charge in [0.25, 0.3) is 5.91 Å². The third-order valence-electron chi connectivity index (χ3n) is 4.61. The molecule has 0 saturated carbocycles. The van der Waals surface area contributed by atoms with Gasteiger partial charge < -0.3 is 15.4 Å². The summed E-state index contributed by atoms with van der Waals surface area (Å²) in [5.74, 6) is -0.825. The van der Waals surface area contributed by atoms with Crippen molar-refractivity contribution in [3.8, 4) is 0 Å². The van der Waals surface area contributed by atoms with Crippen LogP contribution in [-0.4, -0.2) is 50.8 Å². The van der Waals surface area contributed by atoms with Gasteiger partial charge in [0.1, 0.15) is 0 Å². The van der Waals surface area contributed by atoms with Gasteiger partial charge in [-0.1, -0.05) is 30.1 Å². The van der Waals surface area contributed by atoms with Crippen LogP contribution in [0.15, 0.2) is 41.3 Å². The molecule has 2 aromatic rings. The molecule has 1 saturated heterocycles. The van der Waals surface area contributed by atoms with Gasteiger partial charge in [-0.05, 0) is 36.4 Å². The Hall–Kier alpha value is -2.17. The van der Waals surface area contributed by atoms with E-state index in [2.05, 4.69) is 10.6 Å². The zero-order chi connectivity index (χ0) is 22.6. The van der Waals surface area contributed by atoms with Gasteiger partial charge >= 0.3 is 0 Å². The molecule has 0 aliphatic carbocycles. The van der Waals surface area contributed by atoms with E-state index in [1.54, 1.807) is 13.0 Å². The topological polar surface area (TPSA) is 105 Å². The summed E-state index contributed by atoms with van der Waals surface area (Å²) in [5, 5.41) is 5.64. The normalized spacial score (nSPS) is 14.8. The first-order chi connectivity index (χ1) is 14.7. The molecule has 1 heterocycles. The van der Waals surface area contributed by atoms with Crippen LogP contribution in [0, 0.1) is 0 Å². The van der Waals surface area contributed by atoms with Crippen LogP contribution in [0.4, 0.5) is 11.4 Å². The molecule has 0 bridgehead atoms. The van der Waals surface area contributed by atoms with Crippen molar-refractivity contribution in [1.82, 2.24) is 4.31 Å². The lowest BCUT2D eigenvalue weighted by molar-refractivity contribution is -0.115. The number of carbonyl (C=O) groups excluding carboxylic acids is 2. The zero-order valence-electron chi connectivity index (χ0n) is 16.7. The standard InChI is InChI=1S/C20H21Cl2N3O5S/c1-2-19(26)23-13-3-5-17(22)18(11-13)24-20(27)15-12-14(4-6-16(15)21)31(28,29)25-7-9-30-10-8-25/h3-6,11-12H,2,7-10H2,1H3,(H,23,26)(H,24,27). The molecule has 166 valence electrons. The van der Waals surface area contributed by atoms with Crippen molar-refractivity contribution in [2.75, 3.05) is 36.9 Å². The molecule has 1 aliphatic rings. The van der Waals surface area contributed by atoms with Crippen LogP contribution in [0.1, 0.15) is 23.7 Å². The molecule has 2 amide bonds.